The molecule has 17 heavy (non-hydrogen) atoms. The van der Waals surface area contributed by atoms with Gasteiger partial charge >= 0.3 is 0 Å². The molecular formula is C13H17N3S. The van der Waals surface area contributed by atoms with Gasteiger partial charge in [0.15, 0.2) is 0 Å². The predicted molar refractivity (Wildman–Crippen MR) is 71.9 cm³/mol. The van der Waals surface area contributed by atoms with Crippen LogP contribution in [-0.2, 0) is 0 Å². The van der Waals surface area contributed by atoms with Gasteiger partial charge in [-0.2, -0.15) is 0 Å². The first-order chi connectivity index (χ1) is 8.13. The molecule has 0 aromatic carbocycles. The van der Waals surface area contributed by atoms with E-state index in [1.54, 1.807) is 11.3 Å². The van der Waals surface area contributed by atoms with Gasteiger partial charge in [0.2, 0.25) is 0 Å². The van der Waals surface area contributed by atoms with Gasteiger partial charge in [-0.05, 0) is 48.9 Å². The molecule has 3 N–H and O–H groups in total. The van der Waals surface area contributed by atoms with Crippen molar-refractivity contribution < 1.29 is 0 Å². The molecule has 0 aliphatic rings. The summed E-state index contributed by atoms with van der Waals surface area (Å²) in [6.07, 6.45) is 1.88. The number of thiophene rings is 1. The van der Waals surface area contributed by atoms with E-state index in [4.69, 9.17) is 5.84 Å². The maximum atomic E-state index is 5.69. The number of nitrogens with one attached hydrogen (secondary N) is 1. The second-order valence-corrected chi connectivity index (χ2v) is 5.37. The molecule has 0 amide bonds. The molecule has 0 saturated heterocycles. The van der Waals surface area contributed by atoms with E-state index in [9.17, 15) is 0 Å². The van der Waals surface area contributed by atoms with Crippen LogP contribution in [0.15, 0.2) is 23.7 Å². The number of pyridine rings is 1. The lowest BCUT2D eigenvalue weighted by molar-refractivity contribution is 0.616. The van der Waals surface area contributed by atoms with Gasteiger partial charge in [0.25, 0.3) is 0 Å². The summed E-state index contributed by atoms with van der Waals surface area (Å²) in [5, 5.41) is 2.08. The Morgan fingerprint density at radius 3 is 2.65 bits per heavy atom. The molecule has 0 saturated carbocycles. The van der Waals surface area contributed by atoms with E-state index in [2.05, 4.69) is 41.8 Å². The Kier molecular flexibility index (Phi) is 3.57. The van der Waals surface area contributed by atoms with Crippen molar-refractivity contribution in [3.05, 3.63) is 51.0 Å². The van der Waals surface area contributed by atoms with E-state index in [1.165, 1.54) is 21.6 Å². The third-order valence-electron chi connectivity index (χ3n) is 2.91. The predicted octanol–water partition coefficient (Wildman–Crippen LogP) is 2.62. The molecule has 0 aliphatic carbocycles. The highest BCUT2D eigenvalue weighted by molar-refractivity contribution is 7.10. The van der Waals surface area contributed by atoms with Crippen LogP contribution in [-0.4, -0.2) is 4.98 Å². The number of nitrogens with two attached hydrogens (primary N) is 1. The summed E-state index contributed by atoms with van der Waals surface area (Å²) in [5.74, 6) is 5.69. The van der Waals surface area contributed by atoms with Crippen molar-refractivity contribution in [3.8, 4) is 0 Å². The van der Waals surface area contributed by atoms with Crippen LogP contribution < -0.4 is 11.3 Å². The molecular weight excluding hydrogens is 230 g/mol. The van der Waals surface area contributed by atoms with E-state index in [1.807, 2.05) is 13.1 Å². The quantitative estimate of drug-likeness (QED) is 0.647. The molecule has 1 atom stereocenters. The fourth-order valence-corrected chi connectivity index (χ4v) is 2.78. The van der Waals surface area contributed by atoms with Crippen molar-refractivity contribution in [1.29, 1.82) is 0 Å². The average molecular weight is 247 g/mol. The first-order valence-electron chi connectivity index (χ1n) is 5.56. The monoisotopic (exact) mass is 247 g/mol. The Hall–Kier alpha value is -1.23. The maximum absolute atomic E-state index is 5.69. The number of rotatable bonds is 3. The topological polar surface area (TPSA) is 50.9 Å². The van der Waals surface area contributed by atoms with Crippen LogP contribution in [0.2, 0.25) is 0 Å². The molecule has 2 aromatic heterocycles. The van der Waals surface area contributed by atoms with Gasteiger partial charge in [-0.1, -0.05) is 6.07 Å². The Balaban J connectivity index is 2.46. The molecule has 1 unspecified atom stereocenters. The number of hydrazine groups is 1. The SMILES string of the molecule is Cc1cnc(C(NN)c2ccsc2C)c(C)c1. The van der Waals surface area contributed by atoms with Crippen LogP contribution in [0, 0.1) is 20.8 Å². The molecule has 2 rings (SSSR count). The zero-order chi connectivity index (χ0) is 12.4. The summed E-state index contributed by atoms with van der Waals surface area (Å²) in [7, 11) is 0. The summed E-state index contributed by atoms with van der Waals surface area (Å²) in [4.78, 5) is 5.78. The first-order valence-corrected chi connectivity index (χ1v) is 6.44. The third-order valence-corrected chi connectivity index (χ3v) is 3.77. The summed E-state index contributed by atoms with van der Waals surface area (Å²) < 4.78 is 0. The van der Waals surface area contributed by atoms with E-state index in [-0.39, 0.29) is 6.04 Å². The number of aryl methyl sites for hydroxylation is 3. The van der Waals surface area contributed by atoms with Gasteiger partial charge in [0, 0.05) is 11.1 Å². The molecule has 0 aliphatic heterocycles. The maximum Gasteiger partial charge on any atom is 0.0894 e. The highest BCUT2D eigenvalue weighted by Gasteiger charge is 2.18. The van der Waals surface area contributed by atoms with Gasteiger partial charge in [-0.15, -0.1) is 11.3 Å². The smallest absolute Gasteiger partial charge is 0.0894 e. The minimum absolute atomic E-state index is 0.0261. The van der Waals surface area contributed by atoms with Crippen LogP contribution in [0.25, 0.3) is 0 Å². The number of hydrogen-bond donors (Lipinski definition) is 2. The molecule has 0 bridgehead atoms. The summed E-state index contributed by atoms with van der Waals surface area (Å²) in [6.45, 7) is 6.22. The van der Waals surface area contributed by atoms with Crippen LogP contribution in [0.3, 0.4) is 0 Å². The molecule has 2 heterocycles. The van der Waals surface area contributed by atoms with Crippen molar-refractivity contribution in [2.24, 2.45) is 5.84 Å². The van der Waals surface area contributed by atoms with Crippen molar-refractivity contribution in [3.63, 3.8) is 0 Å². The van der Waals surface area contributed by atoms with Gasteiger partial charge in [0.1, 0.15) is 0 Å². The van der Waals surface area contributed by atoms with Crippen LogP contribution in [0.5, 0.6) is 0 Å². The van der Waals surface area contributed by atoms with E-state index in [0.29, 0.717) is 0 Å². The Morgan fingerprint density at radius 2 is 2.12 bits per heavy atom. The molecule has 0 fully saturated rings. The average Bonchev–Trinajstić information content (AvgIpc) is 2.69. The minimum Gasteiger partial charge on any atom is -0.271 e. The highest BCUT2D eigenvalue weighted by Crippen LogP contribution is 2.28. The lowest BCUT2D eigenvalue weighted by atomic mass is 10.0. The lowest BCUT2D eigenvalue weighted by Gasteiger charge is -2.18. The second kappa shape index (κ2) is 4.96. The molecule has 3 nitrogen and oxygen atoms in total. The standard InChI is InChI=1S/C13H17N3S/c1-8-6-9(2)12(15-7-8)13(16-14)11-4-5-17-10(11)3/h4-7,13,16H,14H2,1-3H3. The zero-order valence-corrected chi connectivity index (χ0v) is 11.1. The number of nitrogens with zero attached hydrogens (tertiary/aromatic N) is 1. The first kappa shape index (κ1) is 12.2. The molecule has 0 spiro atoms. The molecule has 90 valence electrons. The second-order valence-electron chi connectivity index (χ2n) is 4.25. The Bertz CT molecular complexity index is 519. The zero-order valence-electron chi connectivity index (χ0n) is 10.3. The lowest BCUT2D eigenvalue weighted by Crippen LogP contribution is -2.30. The highest BCUT2D eigenvalue weighted by atomic mass is 32.1. The fraction of sp³-hybridized carbons (Fsp3) is 0.308. The number of aromatic nitrogens is 1. The molecule has 0 radical (unpaired) electrons. The van der Waals surface area contributed by atoms with E-state index in [0.717, 1.165) is 5.69 Å². The van der Waals surface area contributed by atoms with Crippen LogP contribution in [0.1, 0.15) is 33.3 Å². The Labute approximate surface area is 106 Å². The van der Waals surface area contributed by atoms with E-state index >= 15 is 0 Å². The van der Waals surface area contributed by atoms with Gasteiger partial charge in [-0.25, -0.2) is 5.43 Å². The van der Waals surface area contributed by atoms with Gasteiger partial charge < -0.3 is 0 Å². The summed E-state index contributed by atoms with van der Waals surface area (Å²) in [6, 6.07) is 4.21. The number of hydrogen-bond acceptors (Lipinski definition) is 4. The van der Waals surface area contributed by atoms with Crippen LogP contribution >= 0.6 is 11.3 Å². The van der Waals surface area contributed by atoms with E-state index < -0.39 is 0 Å². The van der Waals surface area contributed by atoms with Gasteiger partial charge in [0.05, 0.1) is 11.7 Å². The molecule has 2 aromatic rings. The largest absolute Gasteiger partial charge is 0.271 e. The third kappa shape index (κ3) is 2.39. The minimum atomic E-state index is -0.0261. The summed E-state index contributed by atoms with van der Waals surface area (Å²) in [5.41, 5.74) is 7.41. The Morgan fingerprint density at radius 1 is 1.35 bits per heavy atom. The van der Waals surface area contributed by atoms with Crippen LogP contribution in [0.4, 0.5) is 0 Å². The van der Waals surface area contributed by atoms with Crippen molar-refractivity contribution in [2.45, 2.75) is 26.8 Å². The van der Waals surface area contributed by atoms with Crippen molar-refractivity contribution in [2.75, 3.05) is 0 Å². The molecule has 4 heteroatoms. The van der Waals surface area contributed by atoms with Crippen molar-refractivity contribution >= 4 is 11.3 Å². The summed E-state index contributed by atoms with van der Waals surface area (Å²) >= 11 is 1.73. The van der Waals surface area contributed by atoms with Crippen molar-refractivity contribution in [1.82, 2.24) is 10.4 Å². The normalized spacial score (nSPS) is 12.7. The fourth-order valence-electron chi connectivity index (χ4n) is 2.04. The van der Waals surface area contributed by atoms with Gasteiger partial charge in [-0.3, -0.25) is 10.8 Å².